The monoisotopic (exact) mass is 782 g/mol. The number of hydrogen-bond acceptors (Lipinski definition) is 9. The van der Waals surface area contributed by atoms with Crippen molar-refractivity contribution in [3.63, 3.8) is 0 Å². The molecule has 17 heteroatoms. The van der Waals surface area contributed by atoms with Crippen molar-refractivity contribution in [3.05, 3.63) is 97.3 Å². The van der Waals surface area contributed by atoms with Gasteiger partial charge in [0.05, 0.1) is 30.0 Å². The Hall–Kier alpha value is -5.19. The van der Waals surface area contributed by atoms with Gasteiger partial charge < -0.3 is 19.9 Å². The Bertz CT molecular complexity index is 1980. The fraction of sp³-hybridized carbons (Fsp3) is 0.474. The molecule has 3 aromatic carbocycles. The normalized spacial score (nSPS) is 21.1. The second-order valence-corrected chi connectivity index (χ2v) is 21.6. The van der Waals surface area contributed by atoms with Crippen LogP contribution in [0.1, 0.15) is 69.7 Å². The molecule has 0 aliphatic carbocycles. The van der Waals surface area contributed by atoms with Crippen LogP contribution in [0.15, 0.2) is 48.5 Å². The molecule has 3 fully saturated rings. The first-order chi connectivity index (χ1) is 25.8. The lowest BCUT2D eigenvalue weighted by molar-refractivity contribution is -0.384. The Morgan fingerprint density at radius 3 is 2.05 bits per heavy atom. The minimum atomic E-state index is -1.46. The van der Waals surface area contributed by atoms with E-state index in [4.69, 9.17) is 4.74 Å². The molecule has 6 rings (SSSR count). The highest BCUT2D eigenvalue weighted by molar-refractivity contribution is 6.77. The summed E-state index contributed by atoms with van der Waals surface area (Å²) >= 11 is 0. The smallest absolute Gasteiger partial charge is 0.410 e. The second-order valence-electron chi connectivity index (χ2n) is 16.2. The molecule has 3 heterocycles. The van der Waals surface area contributed by atoms with E-state index in [1.54, 1.807) is 30.6 Å². The largest absolute Gasteiger partial charge is 0.444 e. The molecule has 0 spiro atoms. The van der Waals surface area contributed by atoms with Crippen LogP contribution in [0.4, 0.5) is 46.4 Å². The number of hydrogen-bond donors (Lipinski definition) is 1. The summed E-state index contributed by atoms with van der Waals surface area (Å²) in [7, 11) is -1.46. The van der Waals surface area contributed by atoms with Crippen molar-refractivity contribution in [2.45, 2.75) is 95.4 Å². The topological polar surface area (TPSA) is 151 Å². The van der Waals surface area contributed by atoms with Crippen molar-refractivity contribution < 1.29 is 37.3 Å². The van der Waals surface area contributed by atoms with E-state index in [9.17, 15) is 29.8 Å². The number of nitro groups is 2. The van der Waals surface area contributed by atoms with Gasteiger partial charge in [-0.15, -0.1) is 0 Å². The number of likely N-dealkylation sites (tertiary alicyclic amines) is 1. The molecule has 3 atom stereocenters. The Morgan fingerprint density at radius 1 is 0.855 bits per heavy atom. The van der Waals surface area contributed by atoms with E-state index in [1.807, 2.05) is 0 Å². The van der Waals surface area contributed by atoms with Gasteiger partial charge in [0, 0.05) is 55.2 Å². The van der Waals surface area contributed by atoms with Crippen LogP contribution < -0.4 is 15.1 Å². The highest BCUT2D eigenvalue weighted by Crippen LogP contribution is 2.50. The lowest BCUT2D eigenvalue weighted by Crippen LogP contribution is -2.45. The molecule has 3 aliphatic rings. The lowest BCUT2D eigenvalue weighted by atomic mass is 10.0. The number of carbonyl (C=O) groups is 2. The average Bonchev–Trinajstić information content (AvgIpc) is 3.77. The van der Waals surface area contributed by atoms with Crippen LogP contribution in [-0.2, 0) is 9.53 Å². The molecule has 1 N–H and O–H groups in total. The molecular weight excluding hydrogens is 738 g/mol. The first kappa shape index (κ1) is 39.5. The number of carbonyl (C=O) groups excluding carboxylic acids is 2. The van der Waals surface area contributed by atoms with Crippen LogP contribution in [0, 0.1) is 37.7 Å². The summed E-state index contributed by atoms with van der Waals surface area (Å²) in [5.74, 6) is -3.26. The standard InChI is InChI=1S/C38H45F3N6O7Si/c1-38(2,3)54-37(49)44-14-6-7-33(44)36(48)42-30-22-27(39)26(21-34(30)47(52)53)32-13-12-31(23-8-10-24(11-9-23)46(50)51)45(32)25-19-28(40)35(29(41)20-25)43-15-17-55(4,5)18-16-43/h8-11,19-22,31-33H,6-7,12-18H2,1-5H3,(H,42,48)/t31-,32-,33+/m1/s1. The third-order valence-corrected chi connectivity index (χ3v) is 13.9. The third kappa shape index (κ3) is 8.40. The van der Waals surface area contributed by atoms with Gasteiger partial charge in [0.2, 0.25) is 5.91 Å². The summed E-state index contributed by atoms with van der Waals surface area (Å²) in [5.41, 5.74) is -1.68. The summed E-state index contributed by atoms with van der Waals surface area (Å²) in [6.45, 7) is 10.8. The zero-order valence-electron chi connectivity index (χ0n) is 31.4. The molecule has 0 aromatic heterocycles. The third-order valence-electron chi connectivity index (χ3n) is 10.7. The maximum atomic E-state index is 16.3. The molecule has 3 aliphatic heterocycles. The molecule has 294 valence electrons. The highest BCUT2D eigenvalue weighted by atomic mass is 28.3. The molecule has 3 aromatic rings. The molecule has 2 amide bonds. The minimum Gasteiger partial charge on any atom is -0.444 e. The zero-order chi connectivity index (χ0) is 40.0. The zero-order valence-corrected chi connectivity index (χ0v) is 32.4. The summed E-state index contributed by atoms with van der Waals surface area (Å²) in [5, 5.41) is 26.3. The molecule has 0 radical (unpaired) electrons. The van der Waals surface area contributed by atoms with Gasteiger partial charge in [0.1, 0.15) is 28.8 Å². The van der Waals surface area contributed by atoms with Crippen molar-refractivity contribution in [2.75, 3.05) is 34.8 Å². The lowest BCUT2D eigenvalue weighted by Gasteiger charge is -2.38. The molecule has 3 saturated heterocycles. The maximum absolute atomic E-state index is 16.3. The van der Waals surface area contributed by atoms with Gasteiger partial charge in [0.25, 0.3) is 11.4 Å². The van der Waals surface area contributed by atoms with Crippen LogP contribution in [0.25, 0.3) is 0 Å². The number of amides is 2. The predicted molar refractivity (Wildman–Crippen MR) is 204 cm³/mol. The molecule has 0 bridgehead atoms. The number of benzene rings is 3. The van der Waals surface area contributed by atoms with Crippen molar-refractivity contribution in [1.82, 2.24) is 4.90 Å². The van der Waals surface area contributed by atoms with Gasteiger partial charge >= 0.3 is 6.09 Å². The maximum Gasteiger partial charge on any atom is 0.410 e. The average molecular weight is 783 g/mol. The van der Waals surface area contributed by atoms with Crippen LogP contribution >= 0.6 is 0 Å². The molecule has 0 unspecified atom stereocenters. The van der Waals surface area contributed by atoms with Crippen LogP contribution in [0.2, 0.25) is 25.2 Å². The first-order valence-corrected chi connectivity index (χ1v) is 21.8. The van der Waals surface area contributed by atoms with Crippen LogP contribution in [-0.4, -0.2) is 66.1 Å². The van der Waals surface area contributed by atoms with Crippen LogP contribution in [0.5, 0.6) is 0 Å². The number of nitrogens with zero attached hydrogens (tertiary/aromatic N) is 5. The van der Waals surface area contributed by atoms with Crippen LogP contribution in [0.3, 0.4) is 0 Å². The molecular formula is C38H45F3N6O7Si. The highest BCUT2D eigenvalue weighted by Gasteiger charge is 2.41. The van der Waals surface area contributed by atoms with Crippen molar-refractivity contribution in [1.29, 1.82) is 0 Å². The Morgan fingerprint density at radius 2 is 1.47 bits per heavy atom. The van der Waals surface area contributed by atoms with E-state index < -0.39 is 82.5 Å². The Balaban J connectivity index is 1.36. The fourth-order valence-electron chi connectivity index (χ4n) is 7.84. The van der Waals surface area contributed by atoms with E-state index in [0.717, 1.165) is 24.2 Å². The number of anilines is 3. The quantitative estimate of drug-likeness (QED) is 0.134. The fourth-order valence-corrected chi connectivity index (χ4v) is 9.84. The van der Waals surface area contributed by atoms with Crippen molar-refractivity contribution in [3.8, 4) is 0 Å². The summed E-state index contributed by atoms with van der Waals surface area (Å²) in [6, 6.07) is 9.05. The SMILES string of the molecule is CC(C)(C)OC(=O)N1CCC[C@H]1C(=O)Nc1cc(F)c([C@H]2CC[C@H](c3ccc([N+](=O)[O-])cc3)N2c2cc(F)c(N3CC[Si](C)(C)CC3)c(F)c2)cc1[N+](=O)[O-]. The summed E-state index contributed by atoms with van der Waals surface area (Å²) in [6.07, 6.45) is 0.551. The predicted octanol–water partition coefficient (Wildman–Crippen LogP) is 8.87. The van der Waals surface area contributed by atoms with E-state index >= 15 is 13.2 Å². The number of nitro benzene ring substituents is 2. The van der Waals surface area contributed by atoms with E-state index in [2.05, 4.69) is 18.4 Å². The van der Waals surface area contributed by atoms with E-state index in [1.165, 1.54) is 41.3 Å². The molecule has 0 saturated carbocycles. The van der Waals surface area contributed by atoms with Gasteiger partial charge in [-0.3, -0.25) is 29.9 Å². The number of rotatable bonds is 8. The summed E-state index contributed by atoms with van der Waals surface area (Å²) < 4.78 is 53.9. The number of nitrogens with one attached hydrogen (secondary N) is 1. The number of ether oxygens (including phenoxy) is 1. The van der Waals surface area contributed by atoms with Crippen molar-refractivity contribution >= 4 is 48.5 Å². The summed E-state index contributed by atoms with van der Waals surface area (Å²) in [4.78, 5) is 53.3. The van der Waals surface area contributed by atoms with Crippen molar-refractivity contribution in [2.24, 2.45) is 0 Å². The Kier molecular flexibility index (Phi) is 10.9. The van der Waals surface area contributed by atoms with E-state index in [0.29, 0.717) is 31.5 Å². The minimum absolute atomic E-state index is 0.0687. The molecule has 13 nitrogen and oxygen atoms in total. The van der Waals surface area contributed by atoms with Gasteiger partial charge in [-0.05, 0) is 76.2 Å². The first-order valence-electron chi connectivity index (χ1n) is 18.4. The van der Waals surface area contributed by atoms with Gasteiger partial charge in [-0.1, -0.05) is 25.2 Å². The molecule has 55 heavy (non-hydrogen) atoms. The Labute approximate surface area is 317 Å². The van der Waals surface area contributed by atoms with Gasteiger partial charge in [-0.2, -0.15) is 0 Å². The van der Waals surface area contributed by atoms with Gasteiger partial charge in [-0.25, -0.2) is 18.0 Å². The second kappa shape index (κ2) is 15.2. The number of halogens is 3. The van der Waals surface area contributed by atoms with Gasteiger partial charge in [0.15, 0.2) is 11.6 Å². The van der Waals surface area contributed by atoms with E-state index in [-0.39, 0.29) is 42.0 Å². The number of non-ortho nitro benzene ring substituents is 1.